The van der Waals surface area contributed by atoms with Gasteiger partial charge in [0, 0.05) is 0 Å². The van der Waals surface area contributed by atoms with Crippen LogP contribution in [0.3, 0.4) is 0 Å². The average molecular weight is 450 g/mol. The Morgan fingerprint density at radius 1 is 0.742 bits per heavy atom. The average Bonchev–Trinajstić information content (AvgIpc) is 3.09. The van der Waals surface area contributed by atoms with E-state index in [1.165, 1.54) is 0 Å². The fraction of sp³-hybridized carbons (Fsp3) is 0.474. The van der Waals surface area contributed by atoms with Crippen molar-refractivity contribution in [3.63, 3.8) is 0 Å². The minimum atomic E-state index is -5.88. The topological polar surface area (TPSA) is 86.7 Å². The van der Waals surface area contributed by atoms with E-state index < -0.39 is 88.9 Å². The quantitative estimate of drug-likeness (QED) is 0.390. The normalized spacial score (nSPS) is 26.5. The fourth-order valence-electron chi connectivity index (χ4n) is 4.87. The maximum atomic E-state index is 14.3. The standard InChI is InChI=1S/C19H12F6O6/c20-18(21,22)17(19(23,24)25,7-1-3-9-11(5-7)15(28)30-13(9)26)8-2-4-10-12(6-8)16(29)31-14(10)27/h1,3,5,8,10,12H,2,4,6H2. The molecule has 1 aromatic rings. The van der Waals surface area contributed by atoms with Crippen LogP contribution in [0, 0.1) is 17.8 Å². The number of ether oxygens (including phenoxy) is 2. The number of fused-ring (bicyclic) bond motifs is 2. The number of cyclic esters (lactones) is 4. The molecule has 0 radical (unpaired) electrons. The van der Waals surface area contributed by atoms with Crippen molar-refractivity contribution >= 4 is 23.9 Å². The molecule has 0 N–H and O–H groups in total. The number of rotatable bonds is 2. The molecule has 166 valence electrons. The first-order chi connectivity index (χ1) is 14.3. The molecule has 1 aliphatic carbocycles. The number of hydrogen-bond donors (Lipinski definition) is 0. The van der Waals surface area contributed by atoms with Crippen LogP contribution in [0.2, 0.25) is 0 Å². The highest BCUT2D eigenvalue weighted by atomic mass is 19.4. The predicted octanol–water partition coefficient (Wildman–Crippen LogP) is 3.48. The van der Waals surface area contributed by atoms with Gasteiger partial charge in [-0.25, -0.2) is 9.59 Å². The van der Waals surface area contributed by atoms with E-state index >= 15 is 0 Å². The smallest absolute Gasteiger partial charge is 0.393 e. The molecule has 0 bridgehead atoms. The summed E-state index contributed by atoms with van der Waals surface area (Å²) in [6.45, 7) is 0. The van der Waals surface area contributed by atoms with Crippen LogP contribution < -0.4 is 0 Å². The molecular weight excluding hydrogens is 438 g/mol. The SMILES string of the molecule is O=C1OC(=O)c2cc(C(C3CCC4C(=O)OC(=O)C4C3)(C(F)(F)F)C(F)(F)F)ccc21. The monoisotopic (exact) mass is 450 g/mol. The Kier molecular flexibility index (Phi) is 4.50. The van der Waals surface area contributed by atoms with Gasteiger partial charge in [0.15, 0.2) is 5.41 Å². The Morgan fingerprint density at radius 2 is 1.32 bits per heavy atom. The molecule has 12 heteroatoms. The van der Waals surface area contributed by atoms with E-state index in [4.69, 9.17) is 0 Å². The molecule has 0 amide bonds. The fourth-order valence-corrected chi connectivity index (χ4v) is 4.87. The Hall–Kier alpha value is -2.92. The molecule has 1 saturated heterocycles. The zero-order chi connectivity index (χ0) is 22.9. The summed E-state index contributed by atoms with van der Waals surface area (Å²) in [7, 11) is 0. The van der Waals surface area contributed by atoms with Crippen LogP contribution in [-0.4, -0.2) is 36.2 Å². The largest absolute Gasteiger partial charge is 0.407 e. The van der Waals surface area contributed by atoms with E-state index in [0.717, 1.165) is 0 Å². The molecule has 3 unspecified atom stereocenters. The summed E-state index contributed by atoms with van der Waals surface area (Å²) in [6.07, 6.45) is -13.7. The summed E-state index contributed by atoms with van der Waals surface area (Å²) in [5.74, 6) is -9.32. The molecule has 3 aliphatic rings. The van der Waals surface area contributed by atoms with Crippen molar-refractivity contribution in [2.75, 3.05) is 0 Å². The van der Waals surface area contributed by atoms with E-state index in [2.05, 4.69) is 9.47 Å². The lowest BCUT2D eigenvalue weighted by atomic mass is 9.60. The molecular formula is C19H12F6O6. The molecule has 6 nitrogen and oxygen atoms in total. The van der Waals surface area contributed by atoms with Crippen LogP contribution in [0.15, 0.2) is 18.2 Å². The minimum Gasteiger partial charge on any atom is -0.393 e. The van der Waals surface area contributed by atoms with Crippen molar-refractivity contribution in [3.8, 4) is 0 Å². The van der Waals surface area contributed by atoms with E-state index in [-0.39, 0.29) is 6.42 Å². The maximum Gasteiger partial charge on any atom is 0.407 e. The molecule has 1 aromatic carbocycles. The van der Waals surface area contributed by atoms with Crippen LogP contribution in [0.25, 0.3) is 0 Å². The van der Waals surface area contributed by atoms with Crippen LogP contribution in [0.1, 0.15) is 45.5 Å². The highest BCUT2D eigenvalue weighted by molar-refractivity contribution is 6.14. The Morgan fingerprint density at radius 3 is 1.94 bits per heavy atom. The first-order valence-electron chi connectivity index (χ1n) is 9.09. The van der Waals surface area contributed by atoms with E-state index in [1.54, 1.807) is 0 Å². The first-order valence-corrected chi connectivity index (χ1v) is 9.09. The highest BCUT2D eigenvalue weighted by Gasteiger charge is 2.75. The van der Waals surface area contributed by atoms with E-state index in [1.807, 2.05) is 0 Å². The molecule has 31 heavy (non-hydrogen) atoms. The van der Waals surface area contributed by atoms with Gasteiger partial charge in [-0.05, 0) is 42.9 Å². The van der Waals surface area contributed by atoms with Crippen LogP contribution in [0.4, 0.5) is 26.3 Å². The van der Waals surface area contributed by atoms with Gasteiger partial charge in [-0.3, -0.25) is 9.59 Å². The number of halogens is 6. The molecule has 4 rings (SSSR count). The number of alkyl halides is 6. The minimum absolute atomic E-state index is 0.369. The van der Waals surface area contributed by atoms with Gasteiger partial charge in [0.25, 0.3) is 0 Å². The molecule has 0 spiro atoms. The van der Waals surface area contributed by atoms with Gasteiger partial charge in [0.2, 0.25) is 0 Å². The van der Waals surface area contributed by atoms with Gasteiger partial charge in [0.05, 0.1) is 23.0 Å². The number of carbonyl (C=O) groups is 4. The lowest BCUT2D eigenvalue weighted by Gasteiger charge is -2.46. The van der Waals surface area contributed by atoms with Gasteiger partial charge in [-0.15, -0.1) is 0 Å². The number of benzene rings is 1. The highest BCUT2D eigenvalue weighted by Crippen LogP contribution is 2.61. The Labute approximate surface area is 169 Å². The molecule has 2 heterocycles. The van der Waals surface area contributed by atoms with Crippen LogP contribution >= 0.6 is 0 Å². The third-order valence-electron chi connectivity index (χ3n) is 6.26. The molecule has 3 atom stereocenters. The van der Waals surface area contributed by atoms with Gasteiger partial charge in [-0.1, -0.05) is 6.07 Å². The molecule has 1 saturated carbocycles. The van der Waals surface area contributed by atoms with Crippen molar-refractivity contribution in [2.24, 2.45) is 17.8 Å². The van der Waals surface area contributed by atoms with Gasteiger partial charge < -0.3 is 9.47 Å². The zero-order valence-electron chi connectivity index (χ0n) is 15.3. The van der Waals surface area contributed by atoms with E-state index in [9.17, 15) is 45.5 Å². The van der Waals surface area contributed by atoms with Crippen LogP contribution in [-0.2, 0) is 24.5 Å². The van der Waals surface area contributed by atoms with Crippen molar-refractivity contribution in [2.45, 2.75) is 37.0 Å². The third kappa shape index (κ3) is 2.87. The Balaban J connectivity index is 1.89. The summed E-state index contributed by atoms with van der Waals surface area (Å²) in [5, 5.41) is 0. The molecule has 0 aromatic heterocycles. The summed E-state index contributed by atoms with van der Waals surface area (Å²) < 4.78 is 94.4. The number of hydrogen-bond acceptors (Lipinski definition) is 6. The Bertz CT molecular complexity index is 996. The third-order valence-corrected chi connectivity index (χ3v) is 6.26. The van der Waals surface area contributed by atoms with Gasteiger partial charge in [0.1, 0.15) is 0 Å². The zero-order valence-corrected chi connectivity index (χ0v) is 15.3. The summed E-state index contributed by atoms with van der Waals surface area (Å²) in [4.78, 5) is 46.8. The maximum absolute atomic E-state index is 14.3. The van der Waals surface area contributed by atoms with Crippen LogP contribution in [0.5, 0.6) is 0 Å². The second-order valence-electron chi connectivity index (χ2n) is 7.70. The van der Waals surface area contributed by atoms with Crippen molar-refractivity contribution in [1.29, 1.82) is 0 Å². The molecule has 2 fully saturated rings. The van der Waals surface area contributed by atoms with Gasteiger partial charge in [-0.2, -0.15) is 26.3 Å². The second-order valence-corrected chi connectivity index (χ2v) is 7.70. The predicted molar refractivity (Wildman–Crippen MR) is 85.4 cm³/mol. The first kappa shape index (κ1) is 21.3. The summed E-state index contributed by atoms with van der Waals surface area (Å²) in [6, 6.07) is 1.54. The van der Waals surface area contributed by atoms with E-state index in [0.29, 0.717) is 18.2 Å². The molecule has 2 aliphatic heterocycles. The van der Waals surface area contributed by atoms with Crippen molar-refractivity contribution in [3.05, 3.63) is 34.9 Å². The number of carbonyl (C=O) groups excluding carboxylic acids is 4. The summed E-state index contributed by atoms with van der Waals surface area (Å²) in [5.41, 5.74) is -6.89. The lowest BCUT2D eigenvalue weighted by Crippen LogP contribution is -2.60. The van der Waals surface area contributed by atoms with Crippen molar-refractivity contribution < 1.29 is 55.0 Å². The second kappa shape index (κ2) is 6.54. The summed E-state index contributed by atoms with van der Waals surface area (Å²) >= 11 is 0. The lowest BCUT2D eigenvalue weighted by molar-refractivity contribution is -0.322. The number of esters is 4. The van der Waals surface area contributed by atoms with Crippen molar-refractivity contribution in [1.82, 2.24) is 0 Å². The van der Waals surface area contributed by atoms with Gasteiger partial charge >= 0.3 is 36.2 Å².